The second kappa shape index (κ2) is 8.03. The number of ether oxygens (including phenoxy) is 1. The third-order valence-corrected chi connectivity index (χ3v) is 4.22. The van der Waals surface area contributed by atoms with Gasteiger partial charge in [-0.2, -0.15) is 0 Å². The van der Waals surface area contributed by atoms with Gasteiger partial charge in [-0.25, -0.2) is 4.79 Å². The van der Waals surface area contributed by atoms with E-state index in [4.69, 9.17) is 4.74 Å². The van der Waals surface area contributed by atoms with Crippen molar-refractivity contribution in [3.8, 4) is 0 Å². The van der Waals surface area contributed by atoms with Crippen LogP contribution in [-0.4, -0.2) is 29.9 Å². The molecule has 0 bridgehead atoms. The lowest BCUT2D eigenvalue weighted by atomic mass is 9.98. The number of carbonyl (C=O) groups is 3. The van der Waals surface area contributed by atoms with E-state index in [1.807, 2.05) is 26.0 Å². The van der Waals surface area contributed by atoms with Gasteiger partial charge in [-0.05, 0) is 43.2 Å². The highest BCUT2D eigenvalue weighted by molar-refractivity contribution is 6.00. The van der Waals surface area contributed by atoms with Crippen molar-refractivity contribution in [2.24, 2.45) is 0 Å². The van der Waals surface area contributed by atoms with E-state index >= 15 is 0 Å². The summed E-state index contributed by atoms with van der Waals surface area (Å²) in [5.41, 5.74) is 2.75. The average molecular weight is 366 g/mol. The second-order valence-electron chi connectivity index (χ2n) is 6.84. The van der Waals surface area contributed by atoms with Crippen molar-refractivity contribution in [1.29, 1.82) is 0 Å². The number of amides is 2. The number of anilines is 1. The first-order valence-corrected chi connectivity index (χ1v) is 8.90. The van der Waals surface area contributed by atoms with E-state index in [-0.39, 0.29) is 24.3 Å². The van der Waals surface area contributed by atoms with Crippen LogP contribution in [0.4, 0.5) is 5.69 Å². The number of hydrogen-bond acceptors (Lipinski definition) is 4. The van der Waals surface area contributed by atoms with Crippen molar-refractivity contribution in [1.82, 2.24) is 5.32 Å². The molecule has 2 N–H and O–H groups in total. The number of fused-ring (bicyclic) bond motifs is 1. The molecular weight excluding hydrogens is 344 g/mol. The Bertz CT molecular complexity index is 859. The predicted molar refractivity (Wildman–Crippen MR) is 101 cm³/mol. The molecule has 0 aromatic heterocycles. The van der Waals surface area contributed by atoms with Gasteiger partial charge in [0.15, 0.2) is 6.10 Å². The molecule has 2 amide bonds. The Morgan fingerprint density at radius 3 is 2.52 bits per heavy atom. The fraction of sp³-hybridized carbons (Fsp3) is 0.286. The summed E-state index contributed by atoms with van der Waals surface area (Å²) in [6.07, 6.45) is -0.228. The number of carbonyl (C=O) groups excluding carboxylic acids is 3. The molecule has 1 unspecified atom stereocenters. The Balaban J connectivity index is 1.60. The molecule has 0 spiro atoms. The topological polar surface area (TPSA) is 84.5 Å². The highest BCUT2D eigenvalue weighted by atomic mass is 16.5. The van der Waals surface area contributed by atoms with E-state index < -0.39 is 12.1 Å². The molecule has 0 fully saturated rings. The molecule has 0 saturated heterocycles. The largest absolute Gasteiger partial charge is 0.448 e. The maximum atomic E-state index is 12.5. The zero-order chi connectivity index (χ0) is 19.4. The number of hydrogen-bond donors (Lipinski definition) is 2. The highest BCUT2D eigenvalue weighted by Crippen LogP contribution is 2.21. The molecule has 1 aliphatic rings. The quantitative estimate of drug-likeness (QED) is 0.796. The highest BCUT2D eigenvalue weighted by Gasteiger charge is 2.31. The van der Waals surface area contributed by atoms with Gasteiger partial charge in [0.2, 0.25) is 5.91 Å². The molecule has 0 aliphatic carbocycles. The molecule has 0 saturated carbocycles. The Morgan fingerprint density at radius 1 is 1.11 bits per heavy atom. The third kappa shape index (κ3) is 4.73. The van der Waals surface area contributed by atoms with Gasteiger partial charge in [0.25, 0.3) is 5.91 Å². The summed E-state index contributed by atoms with van der Waals surface area (Å²) in [6.45, 7) is 3.82. The Kier molecular flexibility index (Phi) is 5.54. The van der Waals surface area contributed by atoms with Crippen LogP contribution in [0.1, 0.15) is 35.3 Å². The zero-order valence-corrected chi connectivity index (χ0v) is 15.3. The summed E-state index contributed by atoms with van der Waals surface area (Å²) >= 11 is 0. The zero-order valence-electron chi connectivity index (χ0n) is 15.3. The molecule has 1 heterocycles. The molecule has 27 heavy (non-hydrogen) atoms. The first-order valence-electron chi connectivity index (χ1n) is 8.90. The minimum Gasteiger partial charge on any atom is -0.448 e. The normalized spacial score (nSPS) is 15.7. The fourth-order valence-corrected chi connectivity index (χ4v) is 2.96. The molecule has 3 rings (SSSR count). The number of esters is 1. The third-order valence-electron chi connectivity index (χ3n) is 4.22. The second-order valence-corrected chi connectivity index (χ2v) is 6.84. The van der Waals surface area contributed by atoms with Gasteiger partial charge in [0.05, 0.1) is 12.0 Å². The number of nitrogens with one attached hydrogen (secondary N) is 2. The van der Waals surface area contributed by atoms with E-state index in [1.54, 1.807) is 36.4 Å². The number of rotatable bonds is 5. The monoisotopic (exact) mass is 366 g/mol. The van der Waals surface area contributed by atoms with Crippen LogP contribution in [0, 0.1) is 0 Å². The maximum absolute atomic E-state index is 12.5. The van der Waals surface area contributed by atoms with Gasteiger partial charge in [-0.3, -0.25) is 9.59 Å². The van der Waals surface area contributed by atoms with Crippen LogP contribution in [0.25, 0.3) is 0 Å². The van der Waals surface area contributed by atoms with Gasteiger partial charge in [0.1, 0.15) is 0 Å². The maximum Gasteiger partial charge on any atom is 0.339 e. The van der Waals surface area contributed by atoms with Crippen molar-refractivity contribution in [2.45, 2.75) is 38.8 Å². The van der Waals surface area contributed by atoms with E-state index in [9.17, 15) is 14.4 Å². The first kappa shape index (κ1) is 18.6. The van der Waals surface area contributed by atoms with Gasteiger partial charge < -0.3 is 15.4 Å². The molecule has 6 heteroatoms. The van der Waals surface area contributed by atoms with Gasteiger partial charge in [0, 0.05) is 18.2 Å². The van der Waals surface area contributed by atoms with E-state index in [0.29, 0.717) is 17.7 Å². The summed E-state index contributed by atoms with van der Waals surface area (Å²) in [5.74, 6) is -0.902. The van der Waals surface area contributed by atoms with E-state index in [0.717, 1.165) is 11.1 Å². The fourth-order valence-electron chi connectivity index (χ4n) is 2.96. The van der Waals surface area contributed by atoms with Crippen molar-refractivity contribution in [2.75, 3.05) is 5.32 Å². The lowest BCUT2D eigenvalue weighted by molar-refractivity contribution is -0.125. The lowest BCUT2D eigenvalue weighted by Gasteiger charge is -2.23. The van der Waals surface area contributed by atoms with Crippen molar-refractivity contribution >= 4 is 23.5 Å². The molecule has 140 valence electrons. The SMILES string of the molecule is CC(C)NC(=O)Cc1ccc(NC(=O)C2Cc3ccccc3C(=O)O2)cc1. The van der Waals surface area contributed by atoms with Crippen LogP contribution >= 0.6 is 0 Å². The van der Waals surface area contributed by atoms with Crippen LogP contribution in [0.5, 0.6) is 0 Å². The first-order chi connectivity index (χ1) is 12.9. The molecule has 2 aromatic carbocycles. The smallest absolute Gasteiger partial charge is 0.339 e. The molecule has 0 radical (unpaired) electrons. The predicted octanol–water partition coefficient (Wildman–Crippen LogP) is 2.47. The molecule has 2 aromatic rings. The molecular formula is C21H22N2O4. The molecule has 1 atom stereocenters. The van der Waals surface area contributed by atoms with Crippen molar-refractivity contribution < 1.29 is 19.1 Å². The summed E-state index contributed by atoms with van der Waals surface area (Å²) in [4.78, 5) is 36.3. The standard InChI is InChI=1S/C21H22N2O4/c1-13(2)22-19(24)11-14-7-9-16(10-8-14)23-20(25)18-12-15-5-3-4-6-17(15)21(26)27-18/h3-10,13,18H,11-12H2,1-2H3,(H,22,24)(H,23,25). The van der Waals surface area contributed by atoms with Gasteiger partial charge >= 0.3 is 5.97 Å². The summed E-state index contributed by atoms with van der Waals surface area (Å²) in [7, 11) is 0. The molecule has 1 aliphatic heterocycles. The summed E-state index contributed by atoms with van der Waals surface area (Å²) in [5, 5.41) is 5.60. The minimum absolute atomic E-state index is 0.0467. The van der Waals surface area contributed by atoms with Crippen molar-refractivity contribution in [3.05, 3.63) is 65.2 Å². The van der Waals surface area contributed by atoms with Crippen LogP contribution in [0.2, 0.25) is 0 Å². The van der Waals surface area contributed by atoms with Gasteiger partial charge in [-0.1, -0.05) is 30.3 Å². The average Bonchev–Trinajstić information content (AvgIpc) is 2.62. The number of benzene rings is 2. The van der Waals surface area contributed by atoms with E-state index in [2.05, 4.69) is 10.6 Å². The van der Waals surface area contributed by atoms with Crippen LogP contribution in [0.15, 0.2) is 48.5 Å². The molecule has 6 nitrogen and oxygen atoms in total. The summed E-state index contributed by atoms with van der Waals surface area (Å²) in [6, 6.07) is 14.3. The van der Waals surface area contributed by atoms with Gasteiger partial charge in [-0.15, -0.1) is 0 Å². The summed E-state index contributed by atoms with van der Waals surface area (Å²) < 4.78 is 5.26. The van der Waals surface area contributed by atoms with Crippen molar-refractivity contribution in [3.63, 3.8) is 0 Å². The van der Waals surface area contributed by atoms with Crippen LogP contribution < -0.4 is 10.6 Å². The Labute approximate surface area is 157 Å². The number of cyclic esters (lactones) is 1. The van der Waals surface area contributed by atoms with E-state index in [1.165, 1.54) is 0 Å². The minimum atomic E-state index is -0.858. The van der Waals surface area contributed by atoms with Crippen LogP contribution in [-0.2, 0) is 27.2 Å². The Hall–Kier alpha value is -3.15. The lowest BCUT2D eigenvalue weighted by Crippen LogP contribution is -2.37. The Morgan fingerprint density at radius 2 is 1.81 bits per heavy atom. The van der Waals surface area contributed by atoms with Crippen LogP contribution in [0.3, 0.4) is 0 Å².